The summed E-state index contributed by atoms with van der Waals surface area (Å²) in [5.74, 6) is 0.0119. The first-order valence-corrected chi connectivity index (χ1v) is 6.88. The van der Waals surface area contributed by atoms with Crippen LogP contribution in [0.2, 0.25) is 10.0 Å². The van der Waals surface area contributed by atoms with Gasteiger partial charge in [-0.3, -0.25) is 0 Å². The molecule has 0 spiro atoms. The Bertz CT molecular complexity index is 600. The van der Waals surface area contributed by atoms with E-state index in [0.29, 0.717) is 16.4 Å². The molecule has 96 valence electrons. The molecule has 1 aromatic heterocycles. The normalized spacial score (nSPS) is 12.7. The zero-order valence-corrected chi connectivity index (χ0v) is 13.0. The summed E-state index contributed by atoms with van der Waals surface area (Å²) < 4.78 is 15.9. The van der Waals surface area contributed by atoms with Gasteiger partial charge in [-0.15, -0.1) is 0 Å². The third-order valence-corrected chi connectivity index (χ3v) is 4.09. The maximum Gasteiger partial charge on any atom is 0.142 e. The molecule has 0 saturated carbocycles. The lowest BCUT2D eigenvalue weighted by molar-refractivity contribution is 0.563. The molecule has 0 radical (unpaired) electrons. The summed E-state index contributed by atoms with van der Waals surface area (Å²) in [7, 11) is 0. The van der Waals surface area contributed by atoms with Crippen LogP contribution in [-0.2, 0) is 0 Å². The van der Waals surface area contributed by atoms with Crippen molar-refractivity contribution in [1.82, 2.24) is 9.78 Å². The third kappa shape index (κ3) is 2.44. The average Bonchev–Trinajstić information content (AvgIpc) is 2.64. The molecule has 0 aliphatic heterocycles. The number of hydrogen-bond acceptors (Lipinski definition) is 2. The first-order valence-electron chi connectivity index (χ1n) is 5.04. The van der Waals surface area contributed by atoms with E-state index in [1.165, 1.54) is 12.1 Å². The predicted octanol–water partition coefficient (Wildman–Crippen LogP) is 4.13. The Kier molecular flexibility index (Phi) is 4.03. The van der Waals surface area contributed by atoms with Crippen LogP contribution in [0.4, 0.5) is 10.2 Å². The molecule has 2 rings (SSSR count). The molecule has 2 N–H and O–H groups in total. The highest BCUT2D eigenvalue weighted by atomic mass is 127. The molecule has 1 atom stereocenters. The lowest BCUT2D eigenvalue weighted by atomic mass is 10.1. The molecule has 1 aromatic carbocycles. The highest BCUT2D eigenvalue weighted by Gasteiger charge is 2.18. The first-order chi connectivity index (χ1) is 8.41. The summed E-state index contributed by atoms with van der Waals surface area (Å²) in [6, 6.07) is 2.42. The van der Waals surface area contributed by atoms with Gasteiger partial charge in [-0.2, -0.15) is 5.10 Å². The van der Waals surface area contributed by atoms with Gasteiger partial charge in [0.15, 0.2) is 0 Å². The lowest BCUT2D eigenvalue weighted by Gasteiger charge is -2.16. The Labute approximate surface area is 127 Å². The minimum absolute atomic E-state index is 0.000956. The fourth-order valence-electron chi connectivity index (χ4n) is 1.65. The van der Waals surface area contributed by atoms with Crippen LogP contribution in [0.15, 0.2) is 18.3 Å². The quantitative estimate of drug-likeness (QED) is 0.609. The molecule has 18 heavy (non-hydrogen) atoms. The van der Waals surface area contributed by atoms with E-state index >= 15 is 0 Å². The number of benzene rings is 1. The number of nitrogens with zero attached hydrogens (tertiary/aromatic N) is 2. The van der Waals surface area contributed by atoms with Crippen molar-refractivity contribution in [3.05, 3.63) is 43.3 Å². The molecular formula is C11H9Cl2FIN3. The Morgan fingerprint density at radius 2 is 2.06 bits per heavy atom. The zero-order valence-electron chi connectivity index (χ0n) is 9.29. The van der Waals surface area contributed by atoms with E-state index in [0.717, 1.165) is 3.57 Å². The number of halogens is 4. The van der Waals surface area contributed by atoms with Crippen molar-refractivity contribution in [2.24, 2.45) is 0 Å². The van der Waals surface area contributed by atoms with E-state index in [2.05, 4.69) is 27.7 Å². The number of nitrogen functional groups attached to an aromatic ring is 1. The molecule has 0 fully saturated rings. The maximum absolute atomic E-state index is 13.5. The largest absolute Gasteiger partial charge is 0.383 e. The monoisotopic (exact) mass is 399 g/mol. The minimum Gasteiger partial charge on any atom is -0.383 e. The fraction of sp³-hybridized carbons (Fsp3) is 0.182. The van der Waals surface area contributed by atoms with Crippen molar-refractivity contribution in [2.45, 2.75) is 13.0 Å². The Morgan fingerprint density at radius 1 is 1.39 bits per heavy atom. The number of nitrogens with two attached hydrogens (primary N) is 1. The van der Waals surface area contributed by atoms with Crippen molar-refractivity contribution in [3.8, 4) is 0 Å². The van der Waals surface area contributed by atoms with Crippen LogP contribution in [0, 0.1) is 9.39 Å². The Balaban J connectivity index is 2.49. The smallest absolute Gasteiger partial charge is 0.142 e. The molecular weight excluding hydrogens is 391 g/mol. The fourth-order valence-corrected chi connectivity index (χ4v) is 2.56. The van der Waals surface area contributed by atoms with Crippen LogP contribution < -0.4 is 5.73 Å². The van der Waals surface area contributed by atoms with Crippen molar-refractivity contribution >= 4 is 51.6 Å². The molecule has 7 heteroatoms. The van der Waals surface area contributed by atoms with Crippen LogP contribution >= 0.6 is 45.8 Å². The molecule has 0 bridgehead atoms. The number of hydrogen-bond donors (Lipinski definition) is 1. The summed E-state index contributed by atoms with van der Waals surface area (Å²) in [6.07, 6.45) is 1.65. The van der Waals surface area contributed by atoms with Gasteiger partial charge in [0, 0.05) is 5.02 Å². The Hall–Kier alpha value is -0.530. The van der Waals surface area contributed by atoms with E-state index in [4.69, 9.17) is 28.9 Å². The first kappa shape index (κ1) is 13.9. The standard InChI is InChI=1S/C11H9Cl2FIN3/c1-5(18-11(16)10(15)4-17-18)6-2-9(14)8(13)3-7(6)12/h2-5H,16H2,1H3. The van der Waals surface area contributed by atoms with Gasteiger partial charge in [0.25, 0.3) is 0 Å². The van der Waals surface area contributed by atoms with E-state index in [1.54, 1.807) is 10.9 Å². The molecule has 2 aromatic rings. The van der Waals surface area contributed by atoms with Crippen molar-refractivity contribution in [2.75, 3.05) is 5.73 Å². The molecule has 0 aliphatic rings. The maximum atomic E-state index is 13.5. The van der Waals surface area contributed by atoms with Crippen LogP contribution in [0.3, 0.4) is 0 Å². The van der Waals surface area contributed by atoms with Gasteiger partial charge in [-0.05, 0) is 47.2 Å². The number of rotatable bonds is 2. The SMILES string of the molecule is CC(c1cc(F)c(Cl)cc1Cl)n1ncc(I)c1N. The van der Waals surface area contributed by atoms with Crippen LogP contribution in [0.25, 0.3) is 0 Å². The zero-order chi connectivity index (χ0) is 13.4. The van der Waals surface area contributed by atoms with Gasteiger partial charge in [0.1, 0.15) is 11.6 Å². The van der Waals surface area contributed by atoms with E-state index in [9.17, 15) is 4.39 Å². The number of anilines is 1. The molecule has 1 heterocycles. The minimum atomic E-state index is -0.511. The second-order valence-electron chi connectivity index (χ2n) is 3.79. The number of aromatic nitrogens is 2. The molecule has 1 unspecified atom stereocenters. The average molecular weight is 400 g/mol. The summed E-state index contributed by atoms with van der Waals surface area (Å²) in [5, 5.41) is 4.54. The van der Waals surface area contributed by atoms with Crippen LogP contribution in [-0.4, -0.2) is 9.78 Å². The highest BCUT2D eigenvalue weighted by molar-refractivity contribution is 14.1. The molecule has 0 amide bonds. The molecule has 0 saturated heterocycles. The van der Waals surface area contributed by atoms with E-state index in [1.807, 2.05) is 6.92 Å². The summed E-state index contributed by atoms with van der Waals surface area (Å²) >= 11 is 13.8. The summed E-state index contributed by atoms with van der Waals surface area (Å²) in [4.78, 5) is 0. The molecule has 3 nitrogen and oxygen atoms in total. The van der Waals surface area contributed by atoms with Gasteiger partial charge >= 0.3 is 0 Å². The summed E-state index contributed by atoms with van der Waals surface area (Å²) in [6.45, 7) is 1.84. The lowest BCUT2D eigenvalue weighted by Crippen LogP contribution is -2.12. The third-order valence-electron chi connectivity index (χ3n) is 2.64. The highest BCUT2D eigenvalue weighted by Crippen LogP contribution is 2.32. The Morgan fingerprint density at radius 3 is 2.61 bits per heavy atom. The van der Waals surface area contributed by atoms with Crippen molar-refractivity contribution in [3.63, 3.8) is 0 Å². The van der Waals surface area contributed by atoms with Gasteiger partial charge in [0.05, 0.1) is 20.8 Å². The van der Waals surface area contributed by atoms with Gasteiger partial charge < -0.3 is 5.73 Å². The van der Waals surface area contributed by atoms with Crippen molar-refractivity contribution < 1.29 is 4.39 Å². The second kappa shape index (κ2) is 5.22. The van der Waals surface area contributed by atoms with Gasteiger partial charge in [0.2, 0.25) is 0 Å². The second-order valence-corrected chi connectivity index (χ2v) is 5.76. The predicted molar refractivity (Wildman–Crippen MR) is 79.6 cm³/mol. The van der Waals surface area contributed by atoms with Crippen molar-refractivity contribution in [1.29, 1.82) is 0 Å². The van der Waals surface area contributed by atoms with Gasteiger partial charge in [-0.25, -0.2) is 9.07 Å². The van der Waals surface area contributed by atoms with Gasteiger partial charge in [-0.1, -0.05) is 23.2 Å². The van der Waals surface area contributed by atoms with Crippen LogP contribution in [0.1, 0.15) is 18.5 Å². The molecule has 0 aliphatic carbocycles. The summed E-state index contributed by atoms with van der Waals surface area (Å²) in [5.41, 5.74) is 6.48. The van der Waals surface area contributed by atoms with Crippen LogP contribution in [0.5, 0.6) is 0 Å². The topological polar surface area (TPSA) is 43.8 Å². The van der Waals surface area contributed by atoms with E-state index < -0.39 is 5.82 Å². The van der Waals surface area contributed by atoms with E-state index in [-0.39, 0.29) is 11.1 Å².